The van der Waals surface area contributed by atoms with Crippen LogP contribution in [0.4, 0.5) is 4.79 Å². The normalized spacial score (nSPS) is 12.9. The number of ether oxygens (including phenoxy) is 1. The van der Waals surface area contributed by atoms with Crippen LogP contribution < -0.4 is 5.32 Å². The Bertz CT molecular complexity index is 350. The molecule has 0 saturated heterocycles. The van der Waals surface area contributed by atoms with Crippen LogP contribution in [0.3, 0.4) is 0 Å². The maximum atomic E-state index is 11.1. The molecular formula is C8H15NO6S. The zero-order chi connectivity index (χ0) is 12.8. The van der Waals surface area contributed by atoms with Crippen molar-refractivity contribution in [2.24, 2.45) is 0 Å². The Kier molecular flexibility index (Phi) is 5.79. The SMILES string of the molecule is CCS(=O)(=O)CCC(NC(=O)OC)C(=O)O. The third-order valence-electron chi connectivity index (χ3n) is 1.93. The van der Waals surface area contributed by atoms with Crippen LogP contribution in [-0.2, 0) is 19.4 Å². The van der Waals surface area contributed by atoms with Gasteiger partial charge in [0, 0.05) is 5.75 Å². The second-order valence-corrected chi connectivity index (χ2v) is 5.52. The fourth-order valence-electron chi connectivity index (χ4n) is 0.900. The summed E-state index contributed by atoms with van der Waals surface area (Å²) in [6.45, 7) is 1.47. The molecule has 0 aliphatic carbocycles. The third kappa shape index (κ3) is 5.54. The highest BCUT2D eigenvalue weighted by Gasteiger charge is 2.22. The van der Waals surface area contributed by atoms with Gasteiger partial charge in [-0.2, -0.15) is 0 Å². The predicted molar refractivity (Wildman–Crippen MR) is 55.9 cm³/mol. The quantitative estimate of drug-likeness (QED) is 0.667. The predicted octanol–water partition coefficient (Wildman–Crippen LogP) is -0.380. The number of alkyl carbamates (subject to hydrolysis) is 1. The van der Waals surface area contributed by atoms with E-state index in [4.69, 9.17) is 5.11 Å². The minimum Gasteiger partial charge on any atom is -0.480 e. The molecule has 0 aliphatic heterocycles. The zero-order valence-corrected chi connectivity index (χ0v) is 9.91. The fraction of sp³-hybridized carbons (Fsp3) is 0.750. The molecule has 0 spiro atoms. The van der Waals surface area contributed by atoms with E-state index in [1.165, 1.54) is 6.92 Å². The molecule has 0 rings (SSSR count). The van der Waals surface area contributed by atoms with Crippen LogP contribution in [0, 0.1) is 0 Å². The van der Waals surface area contributed by atoms with Crippen molar-refractivity contribution in [1.82, 2.24) is 5.32 Å². The van der Waals surface area contributed by atoms with E-state index in [9.17, 15) is 18.0 Å². The van der Waals surface area contributed by atoms with Crippen molar-refractivity contribution in [3.05, 3.63) is 0 Å². The van der Waals surface area contributed by atoms with Crippen molar-refractivity contribution in [2.45, 2.75) is 19.4 Å². The number of carbonyl (C=O) groups is 2. The zero-order valence-electron chi connectivity index (χ0n) is 9.10. The van der Waals surface area contributed by atoms with Gasteiger partial charge in [-0.15, -0.1) is 0 Å². The van der Waals surface area contributed by atoms with Gasteiger partial charge < -0.3 is 15.2 Å². The Morgan fingerprint density at radius 1 is 1.44 bits per heavy atom. The van der Waals surface area contributed by atoms with Crippen LogP contribution in [-0.4, -0.2) is 50.2 Å². The van der Waals surface area contributed by atoms with Gasteiger partial charge in [-0.25, -0.2) is 18.0 Å². The van der Waals surface area contributed by atoms with Gasteiger partial charge in [-0.05, 0) is 6.42 Å². The summed E-state index contributed by atoms with van der Waals surface area (Å²) in [7, 11) is -2.15. The van der Waals surface area contributed by atoms with Gasteiger partial charge in [0.25, 0.3) is 0 Å². The van der Waals surface area contributed by atoms with E-state index in [-0.39, 0.29) is 17.9 Å². The molecule has 0 radical (unpaired) electrons. The first-order chi connectivity index (χ1) is 7.32. The highest BCUT2D eigenvalue weighted by Crippen LogP contribution is 1.99. The molecular weight excluding hydrogens is 238 g/mol. The Hall–Kier alpha value is -1.31. The summed E-state index contributed by atoms with van der Waals surface area (Å²) < 4.78 is 26.5. The van der Waals surface area contributed by atoms with Crippen LogP contribution in [0.2, 0.25) is 0 Å². The van der Waals surface area contributed by atoms with E-state index in [0.29, 0.717) is 0 Å². The van der Waals surface area contributed by atoms with E-state index in [1.54, 1.807) is 0 Å². The molecule has 0 heterocycles. The lowest BCUT2D eigenvalue weighted by Crippen LogP contribution is -2.41. The summed E-state index contributed by atoms with van der Waals surface area (Å²) in [5, 5.41) is 10.8. The molecule has 0 aromatic rings. The molecule has 0 saturated carbocycles. The summed E-state index contributed by atoms with van der Waals surface area (Å²) in [6, 6.07) is -1.26. The number of amides is 1. The maximum absolute atomic E-state index is 11.1. The minimum atomic E-state index is -3.25. The Morgan fingerprint density at radius 3 is 2.38 bits per heavy atom. The van der Waals surface area contributed by atoms with Gasteiger partial charge in [0.1, 0.15) is 15.9 Å². The number of methoxy groups -OCH3 is 1. The van der Waals surface area contributed by atoms with E-state index in [2.05, 4.69) is 4.74 Å². The summed E-state index contributed by atoms with van der Waals surface area (Å²) in [4.78, 5) is 21.5. The molecule has 0 aromatic heterocycles. The van der Waals surface area contributed by atoms with Crippen molar-refractivity contribution < 1.29 is 27.9 Å². The second-order valence-electron chi connectivity index (χ2n) is 3.05. The number of hydrogen-bond acceptors (Lipinski definition) is 5. The largest absolute Gasteiger partial charge is 0.480 e. The van der Waals surface area contributed by atoms with Gasteiger partial charge in [0.05, 0.1) is 12.9 Å². The fourth-order valence-corrected chi connectivity index (χ4v) is 1.78. The van der Waals surface area contributed by atoms with Crippen LogP contribution in [0.25, 0.3) is 0 Å². The van der Waals surface area contributed by atoms with Gasteiger partial charge >= 0.3 is 12.1 Å². The second kappa shape index (κ2) is 6.31. The lowest BCUT2D eigenvalue weighted by molar-refractivity contribution is -0.139. The molecule has 0 bridgehead atoms. The lowest BCUT2D eigenvalue weighted by atomic mass is 10.2. The number of rotatable bonds is 6. The van der Waals surface area contributed by atoms with Crippen molar-refractivity contribution in [2.75, 3.05) is 18.6 Å². The number of carboxylic acids is 1. The minimum absolute atomic E-state index is 0.0580. The molecule has 7 nitrogen and oxygen atoms in total. The average molecular weight is 253 g/mol. The van der Waals surface area contributed by atoms with Gasteiger partial charge in [0.2, 0.25) is 0 Å². The maximum Gasteiger partial charge on any atom is 0.407 e. The Balaban J connectivity index is 4.36. The first kappa shape index (κ1) is 14.7. The molecule has 0 aliphatic rings. The van der Waals surface area contributed by atoms with Crippen molar-refractivity contribution in [3.8, 4) is 0 Å². The van der Waals surface area contributed by atoms with E-state index >= 15 is 0 Å². The topological polar surface area (TPSA) is 110 Å². The van der Waals surface area contributed by atoms with Crippen molar-refractivity contribution in [3.63, 3.8) is 0 Å². The first-order valence-electron chi connectivity index (χ1n) is 4.60. The van der Waals surface area contributed by atoms with Crippen molar-refractivity contribution >= 4 is 21.9 Å². The highest BCUT2D eigenvalue weighted by molar-refractivity contribution is 7.91. The van der Waals surface area contributed by atoms with E-state index in [1.807, 2.05) is 5.32 Å². The molecule has 1 unspecified atom stereocenters. The lowest BCUT2D eigenvalue weighted by Gasteiger charge is -2.12. The summed E-state index contributed by atoms with van der Waals surface area (Å²) in [5.74, 6) is -1.64. The molecule has 8 heteroatoms. The van der Waals surface area contributed by atoms with Crippen LogP contribution >= 0.6 is 0 Å². The number of hydrogen-bond donors (Lipinski definition) is 2. The van der Waals surface area contributed by atoms with E-state index < -0.39 is 27.9 Å². The van der Waals surface area contributed by atoms with Gasteiger partial charge in [0.15, 0.2) is 0 Å². The number of carboxylic acid groups (broad SMARTS) is 1. The summed E-state index contributed by atoms with van der Waals surface area (Å²) in [5.41, 5.74) is 0. The first-order valence-corrected chi connectivity index (χ1v) is 6.42. The third-order valence-corrected chi connectivity index (χ3v) is 3.67. The van der Waals surface area contributed by atoms with Gasteiger partial charge in [-0.1, -0.05) is 6.92 Å². The van der Waals surface area contributed by atoms with Crippen molar-refractivity contribution in [1.29, 1.82) is 0 Å². The number of nitrogens with one attached hydrogen (secondary N) is 1. The molecule has 0 fully saturated rings. The van der Waals surface area contributed by atoms with Crippen LogP contribution in [0.1, 0.15) is 13.3 Å². The highest BCUT2D eigenvalue weighted by atomic mass is 32.2. The standard InChI is InChI=1S/C8H15NO6S/c1-3-16(13,14)5-4-6(7(10)11)9-8(12)15-2/h6H,3-5H2,1-2H3,(H,9,12)(H,10,11). The molecule has 94 valence electrons. The number of aliphatic carboxylic acids is 1. The number of sulfone groups is 1. The molecule has 1 amide bonds. The number of carbonyl (C=O) groups excluding carboxylic acids is 1. The molecule has 16 heavy (non-hydrogen) atoms. The molecule has 2 N–H and O–H groups in total. The Morgan fingerprint density at radius 2 is 2.00 bits per heavy atom. The van der Waals surface area contributed by atoms with Crippen LogP contribution in [0.5, 0.6) is 0 Å². The molecule has 0 aromatic carbocycles. The average Bonchev–Trinajstić information content (AvgIpc) is 2.23. The Labute approximate surface area is 93.7 Å². The smallest absolute Gasteiger partial charge is 0.407 e. The van der Waals surface area contributed by atoms with E-state index in [0.717, 1.165) is 7.11 Å². The molecule has 1 atom stereocenters. The summed E-state index contributed by atoms with van der Waals surface area (Å²) >= 11 is 0. The van der Waals surface area contributed by atoms with Crippen LogP contribution in [0.15, 0.2) is 0 Å². The monoisotopic (exact) mass is 253 g/mol. The van der Waals surface area contributed by atoms with Gasteiger partial charge in [-0.3, -0.25) is 0 Å². The summed E-state index contributed by atoms with van der Waals surface area (Å²) in [6.07, 6.45) is -1.08.